The van der Waals surface area contributed by atoms with Crippen molar-refractivity contribution in [3.8, 4) is 0 Å². The Bertz CT molecular complexity index is 454. The third kappa shape index (κ3) is 6.20. The number of hydrogen-bond acceptors (Lipinski definition) is 4. The topological polar surface area (TPSA) is 61.8 Å². The van der Waals surface area contributed by atoms with Gasteiger partial charge in [0.15, 0.2) is 0 Å². The maximum atomic E-state index is 13.3. The van der Waals surface area contributed by atoms with E-state index in [1.807, 2.05) is 0 Å². The highest BCUT2D eigenvalue weighted by Crippen LogP contribution is 2.07. The lowest BCUT2D eigenvalue weighted by molar-refractivity contribution is -0.130. The normalized spacial score (nSPS) is 13.8. The quantitative estimate of drug-likeness (QED) is 0.744. The zero-order valence-corrected chi connectivity index (χ0v) is 12.7. The van der Waals surface area contributed by atoms with Gasteiger partial charge in [0.1, 0.15) is 5.82 Å². The molecule has 0 fully saturated rings. The van der Waals surface area contributed by atoms with Gasteiger partial charge in [0.05, 0.1) is 25.4 Å². The van der Waals surface area contributed by atoms with Crippen LogP contribution in [-0.2, 0) is 16.1 Å². The summed E-state index contributed by atoms with van der Waals surface area (Å²) in [5.74, 6) is -0.384. The van der Waals surface area contributed by atoms with E-state index >= 15 is 0 Å². The second kappa shape index (κ2) is 8.71. The Labute approximate surface area is 124 Å². The van der Waals surface area contributed by atoms with Gasteiger partial charge in [-0.1, -0.05) is 18.2 Å². The van der Waals surface area contributed by atoms with Crippen LogP contribution in [0.5, 0.6) is 0 Å². The number of carbonyl (C=O) groups is 1. The van der Waals surface area contributed by atoms with E-state index in [-0.39, 0.29) is 37.5 Å². The van der Waals surface area contributed by atoms with Crippen LogP contribution < -0.4 is 5.32 Å². The van der Waals surface area contributed by atoms with Crippen molar-refractivity contribution in [1.82, 2.24) is 10.2 Å². The summed E-state index contributed by atoms with van der Waals surface area (Å²) in [5.41, 5.74) is 0.453. The molecule has 21 heavy (non-hydrogen) atoms. The Morgan fingerprint density at radius 1 is 1.43 bits per heavy atom. The van der Waals surface area contributed by atoms with Crippen LogP contribution in [-0.4, -0.2) is 55.3 Å². The van der Waals surface area contributed by atoms with E-state index in [1.54, 1.807) is 39.2 Å². The number of benzene rings is 1. The molecule has 0 spiro atoms. The van der Waals surface area contributed by atoms with E-state index in [2.05, 4.69) is 5.32 Å². The van der Waals surface area contributed by atoms with Crippen LogP contribution >= 0.6 is 0 Å². The summed E-state index contributed by atoms with van der Waals surface area (Å²) in [6.45, 7) is 2.15. The van der Waals surface area contributed by atoms with Crippen LogP contribution in [0.25, 0.3) is 0 Å². The van der Waals surface area contributed by atoms with E-state index in [9.17, 15) is 14.3 Å². The third-order valence-corrected chi connectivity index (χ3v) is 3.00. The number of aliphatic hydroxyl groups is 1. The first kappa shape index (κ1) is 17.6. The number of carbonyl (C=O) groups excluding carboxylic acids is 1. The Hall–Kier alpha value is -1.50. The molecule has 1 aromatic carbocycles. The molecular formula is C15H23FN2O3. The lowest BCUT2D eigenvalue weighted by Crippen LogP contribution is -2.44. The number of halogens is 1. The molecule has 1 amide bonds. The molecule has 2 N–H and O–H groups in total. The minimum atomic E-state index is -0.755. The molecule has 0 aliphatic heterocycles. The molecule has 0 saturated carbocycles. The summed E-state index contributed by atoms with van der Waals surface area (Å²) in [5, 5.41) is 12.7. The summed E-state index contributed by atoms with van der Waals surface area (Å²) in [6.07, 6.45) is -0.755. The van der Waals surface area contributed by atoms with Crippen molar-refractivity contribution in [2.75, 3.05) is 27.2 Å². The summed E-state index contributed by atoms with van der Waals surface area (Å²) in [7, 11) is 3.35. The fourth-order valence-corrected chi connectivity index (χ4v) is 1.77. The van der Waals surface area contributed by atoms with Gasteiger partial charge in [-0.25, -0.2) is 4.39 Å². The van der Waals surface area contributed by atoms with Gasteiger partial charge in [-0.15, -0.1) is 0 Å². The molecule has 0 saturated heterocycles. The van der Waals surface area contributed by atoms with E-state index < -0.39 is 6.10 Å². The lowest BCUT2D eigenvalue weighted by Gasteiger charge is -2.20. The van der Waals surface area contributed by atoms with Crippen LogP contribution in [0.1, 0.15) is 12.5 Å². The Morgan fingerprint density at radius 2 is 2.10 bits per heavy atom. The minimum absolute atomic E-state index is 0.0607. The van der Waals surface area contributed by atoms with Crippen molar-refractivity contribution >= 4 is 5.91 Å². The number of amides is 1. The standard InChI is InChI=1S/C15H23FN2O3/c1-11(15(20)18(2)3)17-8-13(19)10-21-9-12-6-4-5-7-14(12)16/h4-7,11,13,17,19H,8-10H2,1-3H3. The van der Waals surface area contributed by atoms with Crippen molar-refractivity contribution in [2.24, 2.45) is 0 Å². The zero-order chi connectivity index (χ0) is 15.8. The highest BCUT2D eigenvalue weighted by atomic mass is 19.1. The van der Waals surface area contributed by atoms with E-state index in [0.29, 0.717) is 5.56 Å². The number of nitrogens with zero attached hydrogens (tertiary/aromatic N) is 1. The van der Waals surface area contributed by atoms with Crippen molar-refractivity contribution in [3.63, 3.8) is 0 Å². The second-order valence-corrected chi connectivity index (χ2v) is 5.12. The predicted molar refractivity (Wildman–Crippen MR) is 78.2 cm³/mol. The largest absolute Gasteiger partial charge is 0.389 e. The summed E-state index contributed by atoms with van der Waals surface area (Å²) in [4.78, 5) is 13.1. The van der Waals surface area contributed by atoms with Crippen LogP contribution in [0.3, 0.4) is 0 Å². The molecule has 118 valence electrons. The Morgan fingerprint density at radius 3 is 2.71 bits per heavy atom. The molecule has 5 nitrogen and oxygen atoms in total. The first-order valence-corrected chi connectivity index (χ1v) is 6.85. The van der Waals surface area contributed by atoms with Gasteiger partial charge in [0.2, 0.25) is 5.91 Å². The molecule has 2 atom stereocenters. The molecule has 6 heteroatoms. The molecule has 0 aliphatic rings. The van der Waals surface area contributed by atoms with Gasteiger partial charge >= 0.3 is 0 Å². The molecular weight excluding hydrogens is 275 g/mol. The van der Waals surface area contributed by atoms with Crippen LogP contribution in [0.2, 0.25) is 0 Å². The maximum absolute atomic E-state index is 13.3. The van der Waals surface area contributed by atoms with Crippen LogP contribution in [0, 0.1) is 5.82 Å². The summed E-state index contributed by atoms with van der Waals surface area (Å²) >= 11 is 0. The van der Waals surface area contributed by atoms with Gasteiger partial charge in [0.25, 0.3) is 0 Å². The molecule has 1 aromatic rings. The molecule has 0 aliphatic carbocycles. The minimum Gasteiger partial charge on any atom is -0.389 e. The molecule has 0 heterocycles. The average Bonchev–Trinajstić information content (AvgIpc) is 2.45. The zero-order valence-electron chi connectivity index (χ0n) is 12.7. The van der Waals surface area contributed by atoms with Crippen molar-refractivity contribution in [3.05, 3.63) is 35.6 Å². The molecule has 0 aromatic heterocycles. The first-order chi connectivity index (χ1) is 9.91. The van der Waals surface area contributed by atoms with Gasteiger partial charge in [-0.2, -0.15) is 0 Å². The lowest BCUT2D eigenvalue weighted by atomic mass is 10.2. The SMILES string of the molecule is CC(NCC(O)COCc1ccccc1F)C(=O)N(C)C. The van der Waals surface area contributed by atoms with Crippen molar-refractivity contribution in [2.45, 2.75) is 25.7 Å². The van der Waals surface area contributed by atoms with Crippen LogP contribution in [0.4, 0.5) is 4.39 Å². The fraction of sp³-hybridized carbons (Fsp3) is 0.533. The predicted octanol–water partition coefficient (Wildman–Crippen LogP) is 0.769. The molecule has 0 radical (unpaired) electrons. The molecule has 1 rings (SSSR count). The van der Waals surface area contributed by atoms with Gasteiger partial charge < -0.3 is 20.1 Å². The highest BCUT2D eigenvalue weighted by Gasteiger charge is 2.15. The van der Waals surface area contributed by atoms with E-state index in [4.69, 9.17) is 4.74 Å². The second-order valence-electron chi connectivity index (χ2n) is 5.12. The van der Waals surface area contributed by atoms with E-state index in [0.717, 1.165) is 0 Å². The molecule has 2 unspecified atom stereocenters. The van der Waals surface area contributed by atoms with E-state index in [1.165, 1.54) is 11.0 Å². The smallest absolute Gasteiger partial charge is 0.238 e. The Balaban J connectivity index is 2.24. The number of aliphatic hydroxyl groups excluding tert-OH is 1. The highest BCUT2D eigenvalue weighted by molar-refractivity contribution is 5.80. The number of hydrogen-bond donors (Lipinski definition) is 2. The number of ether oxygens (including phenoxy) is 1. The Kier molecular flexibility index (Phi) is 7.28. The third-order valence-electron chi connectivity index (χ3n) is 3.00. The number of nitrogens with one attached hydrogen (secondary N) is 1. The van der Waals surface area contributed by atoms with Gasteiger partial charge in [-0.3, -0.25) is 4.79 Å². The van der Waals surface area contributed by atoms with Crippen LogP contribution in [0.15, 0.2) is 24.3 Å². The van der Waals surface area contributed by atoms with Gasteiger partial charge in [-0.05, 0) is 13.0 Å². The number of rotatable bonds is 8. The summed E-state index contributed by atoms with van der Waals surface area (Å²) in [6, 6.07) is 5.97. The number of likely N-dealkylation sites (N-methyl/N-ethyl adjacent to an activating group) is 1. The first-order valence-electron chi connectivity index (χ1n) is 6.85. The van der Waals surface area contributed by atoms with Gasteiger partial charge in [0, 0.05) is 26.2 Å². The fourth-order valence-electron chi connectivity index (χ4n) is 1.77. The molecule has 0 bridgehead atoms. The average molecular weight is 298 g/mol. The maximum Gasteiger partial charge on any atom is 0.238 e. The monoisotopic (exact) mass is 298 g/mol. The van der Waals surface area contributed by atoms with Crippen molar-refractivity contribution < 1.29 is 19.0 Å². The summed E-state index contributed by atoms with van der Waals surface area (Å²) < 4.78 is 18.6. The van der Waals surface area contributed by atoms with Crippen molar-refractivity contribution in [1.29, 1.82) is 0 Å².